The molecule has 0 saturated heterocycles. The predicted molar refractivity (Wildman–Crippen MR) is 113 cm³/mol. The zero-order valence-corrected chi connectivity index (χ0v) is 19.7. The van der Waals surface area contributed by atoms with E-state index in [2.05, 4.69) is 28.2 Å². The van der Waals surface area contributed by atoms with Crippen LogP contribution in [0.4, 0.5) is 0 Å². The maximum absolute atomic E-state index is 11.5. The minimum Gasteiger partial charge on any atom is -1.00 e. The molecule has 0 aliphatic heterocycles. The second-order valence-electron chi connectivity index (χ2n) is 6.99. The third kappa shape index (κ3) is 16.0. The summed E-state index contributed by atoms with van der Waals surface area (Å²) in [6, 6.07) is 18.9. The molecule has 0 unspecified atom stereocenters. The highest BCUT2D eigenvalue weighted by atomic mass is 35.5. The zero-order valence-electron chi connectivity index (χ0n) is 18.2. The van der Waals surface area contributed by atoms with Gasteiger partial charge >= 0.3 is 0 Å². The Morgan fingerprint density at radius 3 is 1.10 bits per heavy atom. The first-order valence-electron chi connectivity index (χ1n) is 9.14. The number of hydrogen-bond donors (Lipinski definition) is 2. The summed E-state index contributed by atoms with van der Waals surface area (Å²) in [5, 5.41) is 0. The van der Waals surface area contributed by atoms with Gasteiger partial charge in [0.2, 0.25) is 0 Å². The van der Waals surface area contributed by atoms with Gasteiger partial charge in [-0.05, 0) is 0 Å². The van der Waals surface area contributed by atoms with Gasteiger partial charge in [0.05, 0.1) is 54.1 Å². The summed E-state index contributed by atoms with van der Waals surface area (Å²) < 4.78 is 0. The molecule has 2 rings (SSSR count). The van der Waals surface area contributed by atoms with Crippen molar-refractivity contribution in [2.75, 3.05) is 41.3 Å². The van der Waals surface area contributed by atoms with Crippen LogP contribution in [0.3, 0.4) is 0 Å². The average Bonchev–Trinajstić information content (AvgIpc) is 2.66. The van der Waals surface area contributed by atoms with E-state index in [-0.39, 0.29) is 47.3 Å². The minimum atomic E-state index is 0. The molecule has 8 heteroatoms. The molecular weight excluding hydrogens is 427 g/mol. The first kappa shape index (κ1) is 35.6. The van der Waals surface area contributed by atoms with Gasteiger partial charge in [0.25, 0.3) is 0 Å². The topological polar surface area (TPSA) is 106 Å². The Hall–Kier alpha value is -1.80. The molecule has 30 heavy (non-hydrogen) atoms. The Balaban J connectivity index is -0.000000199. The summed E-state index contributed by atoms with van der Waals surface area (Å²) in [5.41, 5.74) is 1.65. The van der Waals surface area contributed by atoms with Crippen LogP contribution in [0.15, 0.2) is 60.7 Å². The van der Waals surface area contributed by atoms with Gasteiger partial charge in [0.1, 0.15) is 0 Å². The van der Waals surface area contributed by atoms with Crippen LogP contribution in [0.1, 0.15) is 33.6 Å². The third-order valence-corrected chi connectivity index (χ3v) is 3.90. The van der Waals surface area contributed by atoms with E-state index in [0.29, 0.717) is 12.8 Å². The van der Waals surface area contributed by atoms with Gasteiger partial charge in [-0.1, -0.05) is 60.7 Å². The number of ketones is 2. The lowest BCUT2D eigenvalue weighted by Gasteiger charge is -2.05. The maximum Gasteiger partial charge on any atom is 0.168 e. The van der Waals surface area contributed by atoms with E-state index >= 15 is 0 Å². The highest BCUT2D eigenvalue weighted by Crippen LogP contribution is 2.02. The standard InChI is InChI=1S/2C11H15NO.2ClH.2H2O/c2*1-12(2)9-8-11(13)10-6-4-3-5-7-10;;;;/h2*3-7H,8-9H2,1-2H3;2*1H;2*1H2. The van der Waals surface area contributed by atoms with Crippen molar-refractivity contribution in [2.45, 2.75) is 12.8 Å². The second-order valence-corrected chi connectivity index (χ2v) is 6.99. The van der Waals surface area contributed by atoms with Crippen molar-refractivity contribution < 1.29 is 55.2 Å². The van der Waals surface area contributed by atoms with Gasteiger partial charge in [-0.2, -0.15) is 0 Å². The molecule has 0 atom stereocenters. The summed E-state index contributed by atoms with van der Waals surface area (Å²) >= 11 is 0. The number of carbonyl (C=O) groups excluding carboxylic acids is 2. The molecule has 172 valence electrons. The number of rotatable bonds is 8. The van der Waals surface area contributed by atoms with Gasteiger partial charge in [0.15, 0.2) is 11.6 Å². The molecule has 0 saturated carbocycles. The predicted octanol–water partition coefficient (Wildman–Crippen LogP) is -6.83. The van der Waals surface area contributed by atoms with E-state index in [0.717, 1.165) is 24.2 Å². The molecule has 0 aliphatic rings. The Morgan fingerprint density at radius 2 is 0.867 bits per heavy atom. The van der Waals surface area contributed by atoms with Crippen molar-refractivity contribution in [1.82, 2.24) is 0 Å². The molecule has 6 nitrogen and oxygen atoms in total. The molecule has 0 spiro atoms. The summed E-state index contributed by atoms with van der Waals surface area (Å²) in [5.74, 6) is 0.476. The second kappa shape index (κ2) is 20.5. The summed E-state index contributed by atoms with van der Waals surface area (Å²) in [6.07, 6.45) is 1.26. The Morgan fingerprint density at radius 1 is 0.600 bits per heavy atom. The smallest absolute Gasteiger partial charge is 0.168 e. The molecule has 0 aromatic heterocycles. The number of quaternary nitrogens is 2. The molecule has 0 bridgehead atoms. The van der Waals surface area contributed by atoms with Gasteiger partial charge in [-0.15, -0.1) is 0 Å². The number of hydrogen-bond acceptors (Lipinski definition) is 2. The molecule has 2 aromatic carbocycles. The highest BCUT2D eigenvalue weighted by molar-refractivity contribution is 5.96. The monoisotopic (exact) mass is 462 g/mol. The largest absolute Gasteiger partial charge is 1.00 e. The van der Waals surface area contributed by atoms with Crippen LogP contribution in [-0.2, 0) is 0 Å². The minimum absolute atomic E-state index is 0. The third-order valence-electron chi connectivity index (χ3n) is 3.90. The van der Waals surface area contributed by atoms with E-state index in [9.17, 15) is 9.59 Å². The van der Waals surface area contributed by atoms with Crippen molar-refractivity contribution in [2.24, 2.45) is 0 Å². The van der Waals surface area contributed by atoms with Crippen LogP contribution in [0.5, 0.6) is 0 Å². The van der Waals surface area contributed by atoms with Gasteiger partial charge in [-0.25, -0.2) is 0 Å². The first-order chi connectivity index (χ1) is 12.4. The number of carbonyl (C=O) groups is 2. The van der Waals surface area contributed by atoms with Crippen LogP contribution in [-0.4, -0.2) is 63.8 Å². The van der Waals surface area contributed by atoms with Crippen molar-refractivity contribution in [1.29, 1.82) is 0 Å². The Bertz CT molecular complexity index is 610. The molecule has 0 radical (unpaired) electrons. The van der Waals surface area contributed by atoms with E-state index in [1.165, 1.54) is 9.80 Å². The Labute approximate surface area is 192 Å². The van der Waals surface area contributed by atoms with Crippen molar-refractivity contribution in [3.05, 3.63) is 71.8 Å². The number of nitrogens with one attached hydrogen (secondary N) is 2. The molecule has 0 amide bonds. The fourth-order valence-corrected chi connectivity index (χ4v) is 2.26. The Kier molecular flexibility index (Phi) is 24.3. The molecule has 2 aromatic rings. The molecular formula is C22H36Cl2N2O4. The van der Waals surface area contributed by atoms with Crippen LogP contribution in [0, 0.1) is 0 Å². The SMILES string of the molecule is C[NH+](C)CCC(=O)c1ccccc1.C[NH+](C)CCC(=O)c1ccccc1.O.O.[Cl-].[Cl-]. The summed E-state index contributed by atoms with van der Waals surface area (Å²) in [6.45, 7) is 1.79. The fourth-order valence-electron chi connectivity index (χ4n) is 2.26. The lowest BCUT2D eigenvalue weighted by molar-refractivity contribution is -0.857. The molecule has 6 N–H and O–H groups in total. The number of benzene rings is 2. The summed E-state index contributed by atoms with van der Waals surface area (Å²) in [7, 11) is 8.22. The van der Waals surface area contributed by atoms with Crippen molar-refractivity contribution in [3.8, 4) is 0 Å². The van der Waals surface area contributed by atoms with E-state index in [1.807, 2.05) is 60.7 Å². The normalized spacial score (nSPS) is 9.00. The van der Waals surface area contributed by atoms with Crippen LogP contribution in [0.2, 0.25) is 0 Å². The van der Waals surface area contributed by atoms with Gasteiger partial charge in [-0.3, -0.25) is 9.59 Å². The molecule has 0 fully saturated rings. The van der Waals surface area contributed by atoms with Crippen LogP contribution < -0.4 is 34.6 Å². The molecule has 0 aliphatic carbocycles. The number of Topliss-reactive ketones (excluding diaryl/α,β-unsaturated/α-hetero) is 2. The fraction of sp³-hybridized carbons (Fsp3) is 0.364. The van der Waals surface area contributed by atoms with E-state index in [4.69, 9.17) is 0 Å². The lowest BCUT2D eigenvalue weighted by Crippen LogP contribution is -3.05. The van der Waals surface area contributed by atoms with Crippen molar-refractivity contribution in [3.63, 3.8) is 0 Å². The van der Waals surface area contributed by atoms with Crippen molar-refractivity contribution >= 4 is 11.6 Å². The first-order valence-corrected chi connectivity index (χ1v) is 9.14. The summed E-state index contributed by atoms with van der Waals surface area (Å²) in [4.78, 5) is 25.7. The lowest BCUT2D eigenvalue weighted by atomic mass is 10.1. The van der Waals surface area contributed by atoms with Gasteiger partial charge in [0, 0.05) is 11.1 Å². The van der Waals surface area contributed by atoms with Crippen LogP contribution in [0.25, 0.3) is 0 Å². The van der Waals surface area contributed by atoms with Crippen LogP contribution >= 0.6 is 0 Å². The van der Waals surface area contributed by atoms with Gasteiger partial charge < -0.3 is 45.6 Å². The maximum atomic E-state index is 11.5. The zero-order chi connectivity index (χ0) is 19.4. The number of halogens is 2. The van der Waals surface area contributed by atoms with E-state index in [1.54, 1.807) is 0 Å². The highest BCUT2D eigenvalue weighted by Gasteiger charge is 2.06. The molecule has 0 heterocycles. The quantitative estimate of drug-likeness (QED) is 0.380. The van der Waals surface area contributed by atoms with E-state index < -0.39 is 0 Å². The average molecular weight is 463 g/mol.